The van der Waals surface area contributed by atoms with E-state index in [9.17, 15) is 23.1 Å². The first-order chi connectivity index (χ1) is 15.9. The number of halogens is 3. The molecular weight excluding hydrogens is 445 g/mol. The van der Waals surface area contributed by atoms with Gasteiger partial charge in [-0.1, -0.05) is 76.1 Å². The summed E-state index contributed by atoms with van der Waals surface area (Å²) in [6.45, 7) is 2.23. The quantitative estimate of drug-likeness (QED) is 0.252. The predicted octanol–water partition coefficient (Wildman–Crippen LogP) is 8.82. The predicted molar refractivity (Wildman–Crippen MR) is 128 cm³/mol. The molecule has 1 N–H and O–H groups in total. The highest BCUT2D eigenvalue weighted by molar-refractivity contribution is 7.99. The Bertz CT molecular complexity index is 754. The Morgan fingerprint density at radius 3 is 2.30 bits per heavy atom. The summed E-state index contributed by atoms with van der Waals surface area (Å²) in [4.78, 5) is 11.5. The topological polar surface area (TPSA) is 37.3 Å². The van der Waals surface area contributed by atoms with Gasteiger partial charge in [-0.05, 0) is 73.5 Å². The lowest BCUT2D eigenvalue weighted by atomic mass is 9.56. The van der Waals surface area contributed by atoms with Crippen LogP contribution in [0.25, 0.3) is 0 Å². The molecule has 0 spiro atoms. The Hall–Kier alpha value is -1.17. The molecule has 0 atom stereocenters. The van der Waals surface area contributed by atoms with Crippen molar-refractivity contribution in [2.45, 2.75) is 113 Å². The van der Waals surface area contributed by atoms with Gasteiger partial charge in [-0.3, -0.25) is 4.79 Å². The van der Waals surface area contributed by atoms with Gasteiger partial charge in [0.2, 0.25) is 0 Å². The minimum absolute atomic E-state index is 0.0186. The van der Waals surface area contributed by atoms with Crippen molar-refractivity contribution in [1.29, 1.82) is 0 Å². The van der Waals surface area contributed by atoms with Gasteiger partial charge in [0.15, 0.2) is 0 Å². The van der Waals surface area contributed by atoms with Gasteiger partial charge in [-0.2, -0.15) is 8.78 Å². The van der Waals surface area contributed by atoms with Gasteiger partial charge in [0.05, 0.1) is 5.92 Å². The third kappa shape index (κ3) is 6.93. The smallest absolute Gasteiger partial charge is 0.306 e. The lowest BCUT2D eigenvalue weighted by Crippen LogP contribution is -2.42. The van der Waals surface area contributed by atoms with Crippen LogP contribution < -0.4 is 0 Å². The molecule has 6 heteroatoms. The molecule has 2 aliphatic carbocycles. The van der Waals surface area contributed by atoms with Gasteiger partial charge < -0.3 is 5.11 Å². The Balaban J connectivity index is 1.71. The largest absolute Gasteiger partial charge is 0.481 e. The molecule has 33 heavy (non-hydrogen) atoms. The number of carboxylic acid groups (broad SMARTS) is 1. The molecule has 1 aromatic rings. The van der Waals surface area contributed by atoms with Gasteiger partial charge in [-0.25, -0.2) is 4.39 Å². The molecular formula is C27H39F3O2S. The molecule has 1 aromatic carbocycles. The number of hydrogen-bond acceptors (Lipinski definition) is 2. The maximum Gasteiger partial charge on any atom is 0.306 e. The number of hydrogen-bond donors (Lipinski definition) is 1. The second-order valence-electron chi connectivity index (χ2n) is 10.2. The van der Waals surface area contributed by atoms with E-state index in [1.165, 1.54) is 63.5 Å². The van der Waals surface area contributed by atoms with Crippen molar-refractivity contribution in [1.82, 2.24) is 0 Å². The van der Waals surface area contributed by atoms with Gasteiger partial charge in [0, 0.05) is 4.90 Å². The van der Waals surface area contributed by atoms with Crippen molar-refractivity contribution >= 4 is 17.7 Å². The van der Waals surface area contributed by atoms with Crippen LogP contribution in [-0.2, 0) is 10.2 Å². The molecule has 2 nitrogen and oxygen atoms in total. The molecule has 0 aliphatic heterocycles. The molecule has 0 heterocycles. The summed E-state index contributed by atoms with van der Waals surface area (Å²) in [5, 5.41) is 9.49. The van der Waals surface area contributed by atoms with Crippen LogP contribution in [0.1, 0.15) is 102 Å². The number of rotatable bonds is 11. The molecule has 0 bridgehead atoms. The van der Waals surface area contributed by atoms with Crippen LogP contribution in [-0.4, -0.2) is 16.8 Å². The van der Waals surface area contributed by atoms with Crippen molar-refractivity contribution in [3.05, 3.63) is 29.6 Å². The second-order valence-corrected chi connectivity index (χ2v) is 11.2. The Morgan fingerprint density at radius 1 is 1.06 bits per heavy atom. The fraction of sp³-hybridized carbons (Fsp3) is 0.741. The third-order valence-electron chi connectivity index (χ3n) is 8.29. The number of carbonyl (C=O) groups is 1. The first-order valence-electron chi connectivity index (χ1n) is 12.8. The summed E-state index contributed by atoms with van der Waals surface area (Å²) >= 11 is 0.246. The van der Waals surface area contributed by atoms with E-state index in [0.717, 1.165) is 37.2 Å². The number of aliphatic carboxylic acids is 1. The van der Waals surface area contributed by atoms with E-state index in [-0.39, 0.29) is 28.0 Å². The van der Waals surface area contributed by atoms with Crippen LogP contribution in [0.15, 0.2) is 23.1 Å². The maximum absolute atomic E-state index is 14.7. The van der Waals surface area contributed by atoms with Gasteiger partial charge in [0.1, 0.15) is 5.82 Å². The monoisotopic (exact) mass is 484 g/mol. The third-order valence-corrected chi connectivity index (χ3v) is 9.06. The van der Waals surface area contributed by atoms with Crippen molar-refractivity contribution in [2.24, 2.45) is 17.8 Å². The fourth-order valence-electron chi connectivity index (χ4n) is 6.35. The minimum atomic E-state index is -2.65. The average Bonchev–Trinajstić information content (AvgIpc) is 2.80. The number of carboxylic acids is 1. The highest BCUT2D eigenvalue weighted by Crippen LogP contribution is 2.52. The van der Waals surface area contributed by atoms with Gasteiger partial charge in [-0.15, -0.1) is 0 Å². The number of thioether (sulfide) groups is 1. The van der Waals surface area contributed by atoms with Crippen LogP contribution in [0.5, 0.6) is 0 Å². The average molecular weight is 485 g/mol. The van der Waals surface area contributed by atoms with Crippen molar-refractivity contribution in [3.63, 3.8) is 0 Å². The van der Waals surface area contributed by atoms with Crippen LogP contribution in [0.4, 0.5) is 13.2 Å². The minimum Gasteiger partial charge on any atom is -0.481 e. The molecule has 2 saturated carbocycles. The molecule has 3 rings (SSSR count). The number of unbranched alkanes of at least 4 members (excludes halogenated alkanes) is 4. The maximum atomic E-state index is 14.7. The number of alkyl halides is 2. The van der Waals surface area contributed by atoms with E-state index in [2.05, 4.69) is 6.92 Å². The van der Waals surface area contributed by atoms with Crippen molar-refractivity contribution in [2.75, 3.05) is 0 Å². The zero-order chi connectivity index (χ0) is 23.8. The molecule has 186 valence electrons. The zero-order valence-electron chi connectivity index (χ0n) is 19.8. The van der Waals surface area contributed by atoms with E-state index < -0.39 is 17.5 Å². The van der Waals surface area contributed by atoms with Crippen LogP contribution in [0.3, 0.4) is 0 Å². The van der Waals surface area contributed by atoms with Crippen LogP contribution >= 0.6 is 11.8 Å². The Kier molecular flexibility index (Phi) is 10.0. The molecule has 0 unspecified atom stereocenters. The summed E-state index contributed by atoms with van der Waals surface area (Å²) in [5.41, 5.74) is 0.637. The normalized spacial score (nSPS) is 28.2. The Labute approximate surface area is 201 Å². The molecule has 0 saturated heterocycles. The van der Waals surface area contributed by atoms with E-state index >= 15 is 0 Å². The van der Waals surface area contributed by atoms with E-state index in [1.54, 1.807) is 0 Å². The van der Waals surface area contributed by atoms with Crippen molar-refractivity contribution in [3.8, 4) is 0 Å². The summed E-state index contributed by atoms with van der Waals surface area (Å²) in [6, 6.07) is 4.79. The summed E-state index contributed by atoms with van der Waals surface area (Å²) in [7, 11) is 0. The highest BCUT2D eigenvalue weighted by atomic mass is 32.2. The fourth-order valence-corrected chi connectivity index (χ4v) is 6.86. The summed E-state index contributed by atoms with van der Waals surface area (Å²) < 4.78 is 40.3. The van der Waals surface area contributed by atoms with Crippen molar-refractivity contribution < 1.29 is 23.1 Å². The highest BCUT2D eigenvalue weighted by Gasteiger charge is 2.45. The molecule has 0 aromatic heterocycles. The SMILES string of the molecule is CCCCCCCC1CCC(C2(c3ccc(SC(F)F)c(F)c3)CCC(C(=O)O)CC2)CC1. The standard InChI is InChI=1S/C27H39F3O2S/c1-2-3-4-5-6-7-19-8-10-21(11-9-19)27(16-14-20(15-17-27)25(31)32)22-12-13-24(23(28)18-22)33-26(29)30/h12-13,18-21,26H,2-11,14-17H2,1H3,(H,31,32). The Morgan fingerprint density at radius 2 is 1.73 bits per heavy atom. The molecule has 2 aliphatic rings. The van der Waals surface area contributed by atoms with Gasteiger partial charge in [0.25, 0.3) is 5.76 Å². The van der Waals surface area contributed by atoms with Crippen LogP contribution in [0, 0.1) is 23.6 Å². The molecule has 2 fully saturated rings. The summed E-state index contributed by atoms with van der Waals surface area (Å²) in [5.74, 6) is -3.16. The van der Waals surface area contributed by atoms with E-state index in [4.69, 9.17) is 0 Å². The molecule has 0 amide bonds. The van der Waals surface area contributed by atoms with Gasteiger partial charge >= 0.3 is 5.97 Å². The lowest BCUT2D eigenvalue weighted by molar-refractivity contribution is -0.143. The van der Waals surface area contributed by atoms with Crippen LogP contribution in [0.2, 0.25) is 0 Å². The molecule has 0 radical (unpaired) electrons. The first-order valence-corrected chi connectivity index (χ1v) is 13.7. The first kappa shape index (κ1) is 26.4. The van der Waals surface area contributed by atoms with E-state index in [0.29, 0.717) is 18.8 Å². The summed E-state index contributed by atoms with van der Waals surface area (Å²) in [6.07, 6.45) is 15.0. The lowest BCUT2D eigenvalue weighted by Gasteiger charge is -2.48. The zero-order valence-corrected chi connectivity index (χ0v) is 20.7. The van der Waals surface area contributed by atoms with E-state index in [1.807, 2.05) is 6.07 Å². The number of benzene rings is 1. The second kappa shape index (κ2) is 12.5.